The number of nitrogens with zero attached hydrogens (tertiary/aromatic N) is 1. The van der Waals surface area contributed by atoms with Crippen molar-refractivity contribution >= 4 is 86.0 Å². The molecule has 1 heterocycles. The van der Waals surface area contributed by atoms with Gasteiger partial charge in [-0.25, -0.2) is 9.69 Å². The Bertz CT molecular complexity index is 1290. The highest BCUT2D eigenvalue weighted by molar-refractivity contribution is 9.10. The van der Waals surface area contributed by atoms with Crippen LogP contribution in [0.5, 0.6) is 5.75 Å². The van der Waals surface area contributed by atoms with E-state index < -0.39 is 11.9 Å². The summed E-state index contributed by atoms with van der Waals surface area (Å²) in [7, 11) is 0. The van der Waals surface area contributed by atoms with Gasteiger partial charge < -0.3 is 10.1 Å². The molecule has 0 atom stereocenters. The molecule has 0 aliphatic carbocycles. The predicted molar refractivity (Wildman–Crippen MR) is 135 cm³/mol. The molecule has 0 saturated carbocycles. The van der Waals surface area contributed by atoms with Crippen LogP contribution in [-0.2, 0) is 11.4 Å². The molecule has 3 amide bonds. The Kier molecular flexibility index (Phi) is 7.22. The highest BCUT2D eigenvalue weighted by Crippen LogP contribution is 2.36. The zero-order chi connectivity index (χ0) is 23.7. The molecule has 1 saturated heterocycles. The molecule has 0 radical (unpaired) electrons. The summed E-state index contributed by atoms with van der Waals surface area (Å²) in [5.41, 5.74) is 1.80. The number of anilines is 1. The molecule has 5 nitrogen and oxygen atoms in total. The third-order valence-electron chi connectivity index (χ3n) is 4.66. The number of benzene rings is 3. The molecular formula is C23H13BrCl4N2O3. The van der Waals surface area contributed by atoms with Crippen LogP contribution in [0.3, 0.4) is 0 Å². The van der Waals surface area contributed by atoms with Gasteiger partial charge in [-0.1, -0.05) is 58.5 Å². The molecule has 1 aliphatic heterocycles. The number of halogens is 5. The van der Waals surface area contributed by atoms with Crippen LogP contribution in [0, 0.1) is 0 Å². The third kappa shape index (κ3) is 5.31. The molecule has 3 aromatic rings. The first-order chi connectivity index (χ1) is 15.7. The highest BCUT2D eigenvalue weighted by Gasteiger charge is 2.35. The van der Waals surface area contributed by atoms with Crippen LogP contribution in [0.2, 0.25) is 20.1 Å². The van der Waals surface area contributed by atoms with Gasteiger partial charge in [0.1, 0.15) is 12.3 Å². The first kappa shape index (κ1) is 23.9. The van der Waals surface area contributed by atoms with Gasteiger partial charge in [0.15, 0.2) is 5.75 Å². The fourth-order valence-electron chi connectivity index (χ4n) is 3.14. The van der Waals surface area contributed by atoms with Crippen molar-refractivity contribution in [1.82, 2.24) is 5.32 Å². The summed E-state index contributed by atoms with van der Waals surface area (Å²) in [6, 6.07) is 14.4. The normalized spacial score (nSPS) is 14.7. The van der Waals surface area contributed by atoms with Crippen molar-refractivity contribution in [2.75, 3.05) is 4.90 Å². The summed E-state index contributed by atoms with van der Waals surface area (Å²) in [6.07, 6.45) is 1.53. The van der Waals surface area contributed by atoms with Crippen LogP contribution in [0.15, 0.2) is 64.8 Å². The molecule has 168 valence electrons. The zero-order valence-corrected chi connectivity index (χ0v) is 21.2. The van der Waals surface area contributed by atoms with Gasteiger partial charge in [-0.2, -0.15) is 0 Å². The van der Waals surface area contributed by atoms with E-state index >= 15 is 0 Å². The Balaban J connectivity index is 1.55. The lowest BCUT2D eigenvalue weighted by atomic mass is 10.1. The van der Waals surface area contributed by atoms with E-state index in [2.05, 4.69) is 21.2 Å². The first-order valence-electron chi connectivity index (χ1n) is 9.41. The molecule has 1 aliphatic rings. The number of nitrogens with one attached hydrogen (secondary N) is 1. The lowest BCUT2D eigenvalue weighted by Gasteiger charge is -2.12. The number of amides is 3. The average Bonchev–Trinajstić information content (AvgIpc) is 3.01. The zero-order valence-electron chi connectivity index (χ0n) is 16.5. The van der Waals surface area contributed by atoms with Crippen LogP contribution >= 0.6 is 62.3 Å². The van der Waals surface area contributed by atoms with Crippen molar-refractivity contribution in [2.45, 2.75) is 6.61 Å². The second-order valence-corrected chi connectivity index (χ2v) is 9.49. The van der Waals surface area contributed by atoms with Crippen molar-refractivity contribution in [3.05, 3.63) is 96.0 Å². The number of carbonyl (C=O) groups excluding carboxylic acids is 2. The smallest absolute Gasteiger partial charge is 0.333 e. The fraction of sp³-hybridized carbons (Fsp3) is 0.0435. The fourth-order valence-corrected chi connectivity index (χ4v) is 4.78. The van der Waals surface area contributed by atoms with E-state index in [0.717, 1.165) is 10.5 Å². The molecule has 3 aromatic carbocycles. The summed E-state index contributed by atoms with van der Waals surface area (Å²) in [6.45, 7) is 0.178. The monoisotopic (exact) mass is 584 g/mol. The lowest BCUT2D eigenvalue weighted by Crippen LogP contribution is -2.30. The number of hydrogen-bond acceptors (Lipinski definition) is 3. The lowest BCUT2D eigenvalue weighted by molar-refractivity contribution is -0.113. The van der Waals surface area contributed by atoms with Gasteiger partial charge >= 0.3 is 6.03 Å². The van der Waals surface area contributed by atoms with Gasteiger partial charge in [0, 0.05) is 20.6 Å². The van der Waals surface area contributed by atoms with Gasteiger partial charge in [-0.3, -0.25) is 4.79 Å². The largest absolute Gasteiger partial charge is 0.486 e. The molecule has 0 unspecified atom stereocenters. The quantitative estimate of drug-likeness (QED) is 0.246. The maximum atomic E-state index is 12.8. The molecule has 10 heteroatoms. The summed E-state index contributed by atoms with van der Waals surface area (Å²) >= 11 is 28.0. The van der Waals surface area contributed by atoms with Crippen molar-refractivity contribution in [3.8, 4) is 5.75 Å². The van der Waals surface area contributed by atoms with Crippen molar-refractivity contribution < 1.29 is 14.3 Å². The van der Waals surface area contributed by atoms with E-state index in [1.165, 1.54) is 12.1 Å². The van der Waals surface area contributed by atoms with Crippen LogP contribution in [-0.4, -0.2) is 11.9 Å². The van der Waals surface area contributed by atoms with Crippen molar-refractivity contribution in [1.29, 1.82) is 0 Å². The van der Waals surface area contributed by atoms with E-state index in [9.17, 15) is 9.59 Å². The summed E-state index contributed by atoms with van der Waals surface area (Å²) in [5, 5.41) is 4.31. The van der Waals surface area contributed by atoms with Gasteiger partial charge in [0.25, 0.3) is 5.91 Å². The van der Waals surface area contributed by atoms with Crippen LogP contribution in [0.25, 0.3) is 6.08 Å². The maximum absolute atomic E-state index is 12.8. The van der Waals surface area contributed by atoms with Crippen LogP contribution in [0.1, 0.15) is 11.1 Å². The van der Waals surface area contributed by atoms with E-state index in [1.807, 2.05) is 0 Å². The molecular weight excluding hydrogens is 574 g/mol. The standard InChI is InChI=1S/C23H13BrCl4N2O3/c24-17-6-12(7-19(28)21(17)33-11-13-4-5-15(26)10-18(13)27)8-20-22(31)30(23(32)29-20)16-3-1-2-14(25)9-16/h1-10H,11H2,(H,29,32)/b20-8+. The number of carbonyl (C=O) groups is 2. The first-order valence-corrected chi connectivity index (χ1v) is 11.7. The van der Waals surface area contributed by atoms with Gasteiger partial charge in [-0.15, -0.1) is 0 Å². The Morgan fingerprint density at radius 1 is 0.939 bits per heavy atom. The van der Waals surface area contributed by atoms with Crippen LogP contribution in [0.4, 0.5) is 10.5 Å². The van der Waals surface area contributed by atoms with Gasteiger partial charge in [0.05, 0.1) is 15.2 Å². The minimum atomic E-state index is -0.571. The Morgan fingerprint density at radius 2 is 1.70 bits per heavy atom. The topological polar surface area (TPSA) is 58.6 Å². The van der Waals surface area contributed by atoms with Crippen molar-refractivity contribution in [3.63, 3.8) is 0 Å². The van der Waals surface area contributed by atoms with E-state index in [1.54, 1.807) is 48.5 Å². The minimum absolute atomic E-state index is 0.101. The number of urea groups is 1. The highest BCUT2D eigenvalue weighted by atomic mass is 79.9. The third-order valence-corrected chi connectivity index (χ3v) is 6.36. The molecule has 1 fully saturated rings. The van der Waals surface area contributed by atoms with E-state index in [4.69, 9.17) is 51.1 Å². The van der Waals surface area contributed by atoms with Crippen molar-refractivity contribution in [2.24, 2.45) is 0 Å². The molecule has 0 spiro atoms. The average molecular weight is 587 g/mol. The van der Waals surface area contributed by atoms with Gasteiger partial charge in [-0.05, 0) is 70.0 Å². The minimum Gasteiger partial charge on any atom is -0.486 e. The Hall–Kier alpha value is -2.22. The number of imide groups is 1. The maximum Gasteiger partial charge on any atom is 0.333 e. The Labute approximate surface area is 218 Å². The second-order valence-electron chi connectivity index (χ2n) is 6.95. The van der Waals surface area contributed by atoms with E-state index in [0.29, 0.717) is 41.6 Å². The van der Waals surface area contributed by atoms with E-state index in [-0.39, 0.29) is 12.3 Å². The molecule has 0 aromatic heterocycles. The summed E-state index contributed by atoms with van der Waals surface area (Å²) < 4.78 is 6.40. The predicted octanol–water partition coefficient (Wildman–Crippen LogP) is 7.74. The summed E-state index contributed by atoms with van der Waals surface area (Å²) in [4.78, 5) is 26.2. The number of rotatable bonds is 5. The molecule has 1 N–H and O–H groups in total. The molecule has 4 rings (SSSR count). The number of ether oxygens (including phenoxy) is 1. The molecule has 33 heavy (non-hydrogen) atoms. The summed E-state index contributed by atoms with van der Waals surface area (Å²) in [5.74, 6) is -0.0978. The second kappa shape index (κ2) is 9.95. The SMILES string of the molecule is O=C1N/C(=C/c2cc(Cl)c(OCc3ccc(Cl)cc3Cl)c(Br)c2)C(=O)N1c1cccc(Cl)c1. The van der Waals surface area contributed by atoms with Gasteiger partial charge in [0.2, 0.25) is 0 Å². The van der Waals surface area contributed by atoms with Crippen LogP contribution < -0.4 is 15.0 Å². The number of hydrogen-bond donors (Lipinski definition) is 1. The molecule has 0 bridgehead atoms. The Morgan fingerprint density at radius 3 is 2.39 bits per heavy atom.